The summed E-state index contributed by atoms with van der Waals surface area (Å²) in [6, 6.07) is 3.29. The molecule has 0 bridgehead atoms. The molecule has 1 fully saturated rings. The highest BCUT2D eigenvalue weighted by Crippen LogP contribution is 2.32. The largest absolute Gasteiger partial charge is 0.493 e. The molecular weight excluding hydrogens is 284 g/mol. The summed E-state index contributed by atoms with van der Waals surface area (Å²) >= 11 is 0. The number of carbonyl (C=O) groups excluding carboxylic acids is 1. The molecule has 22 heavy (non-hydrogen) atoms. The molecular formula is C16H24N2O4. The SMILES string of the molecule is COc1cc(C)c([C@H](C)NC(=O)[C@@H]2C[C@H](O)CN2)cc1OC. The van der Waals surface area contributed by atoms with Gasteiger partial charge in [-0.05, 0) is 43.5 Å². The van der Waals surface area contributed by atoms with Crippen molar-refractivity contribution in [1.29, 1.82) is 0 Å². The highest BCUT2D eigenvalue weighted by atomic mass is 16.5. The molecule has 122 valence electrons. The van der Waals surface area contributed by atoms with Crippen molar-refractivity contribution < 1.29 is 19.4 Å². The van der Waals surface area contributed by atoms with Gasteiger partial charge in [0.2, 0.25) is 5.91 Å². The summed E-state index contributed by atoms with van der Waals surface area (Å²) in [5.74, 6) is 1.21. The number of carbonyl (C=O) groups is 1. The van der Waals surface area contributed by atoms with E-state index >= 15 is 0 Å². The van der Waals surface area contributed by atoms with E-state index in [4.69, 9.17) is 9.47 Å². The van der Waals surface area contributed by atoms with E-state index in [9.17, 15) is 9.90 Å². The van der Waals surface area contributed by atoms with Crippen LogP contribution in [0.5, 0.6) is 11.5 Å². The molecule has 1 heterocycles. The lowest BCUT2D eigenvalue weighted by Gasteiger charge is -2.21. The second-order valence-corrected chi connectivity index (χ2v) is 5.64. The van der Waals surface area contributed by atoms with Crippen molar-refractivity contribution in [1.82, 2.24) is 10.6 Å². The first kappa shape index (κ1) is 16.6. The molecule has 0 aliphatic carbocycles. The third-order valence-corrected chi connectivity index (χ3v) is 4.02. The number of nitrogens with one attached hydrogen (secondary N) is 2. The van der Waals surface area contributed by atoms with Gasteiger partial charge in [-0.1, -0.05) is 0 Å². The minimum absolute atomic E-state index is 0.0989. The van der Waals surface area contributed by atoms with Gasteiger partial charge in [0.25, 0.3) is 0 Å². The first-order chi connectivity index (χ1) is 10.5. The Bertz CT molecular complexity index is 547. The highest BCUT2D eigenvalue weighted by molar-refractivity contribution is 5.82. The van der Waals surface area contributed by atoms with E-state index in [0.717, 1.165) is 11.1 Å². The van der Waals surface area contributed by atoms with E-state index < -0.39 is 6.10 Å². The number of amides is 1. The predicted octanol–water partition coefficient (Wildman–Crippen LogP) is 0.912. The van der Waals surface area contributed by atoms with Gasteiger partial charge in [0.1, 0.15) is 0 Å². The fourth-order valence-corrected chi connectivity index (χ4v) is 2.77. The lowest BCUT2D eigenvalue weighted by atomic mass is 10.0. The minimum atomic E-state index is -0.450. The van der Waals surface area contributed by atoms with Crippen LogP contribution in [0.3, 0.4) is 0 Å². The average molecular weight is 308 g/mol. The number of aliphatic hydroxyl groups excluding tert-OH is 1. The summed E-state index contributed by atoms with van der Waals surface area (Å²) in [5.41, 5.74) is 1.99. The van der Waals surface area contributed by atoms with Crippen molar-refractivity contribution in [3.05, 3.63) is 23.3 Å². The number of rotatable bonds is 5. The van der Waals surface area contributed by atoms with Crippen molar-refractivity contribution in [2.24, 2.45) is 0 Å². The van der Waals surface area contributed by atoms with Gasteiger partial charge < -0.3 is 25.2 Å². The van der Waals surface area contributed by atoms with Crippen LogP contribution in [0.4, 0.5) is 0 Å². The van der Waals surface area contributed by atoms with Crippen molar-refractivity contribution >= 4 is 5.91 Å². The van der Waals surface area contributed by atoms with Crippen LogP contribution < -0.4 is 20.1 Å². The number of hydrogen-bond acceptors (Lipinski definition) is 5. The molecule has 3 N–H and O–H groups in total. The van der Waals surface area contributed by atoms with Crippen LogP contribution in [0.2, 0.25) is 0 Å². The van der Waals surface area contributed by atoms with Gasteiger partial charge >= 0.3 is 0 Å². The third-order valence-electron chi connectivity index (χ3n) is 4.02. The summed E-state index contributed by atoms with van der Waals surface area (Å²) in [6.07, 6.45) is -0.00223. The van der Waals surface area contributed by atoms with Gasteiger partial charge in [0.15, 0.2) is 11.5 Å². The second-order valence-electron chi connectivity index (χ2n) is 5.64. The van der Waals surface area contributed by atoms with Gasteiger partial charge in [-0.25, -0.2) is 0 Å². The van der Waals surface area contributed by atoms with Crippen molar-refractivity contribution in [2.75, 3.05) is 20.8 Å². The molecule has 0 saturated carbocycles. The fraction of sp³-hybridized carbons (Fsp3) is 0.562. The van der Waals surface area contributed by atoms with Crippen LogP contribution in [0.25, 0.3) is 0 Å². The number of aliphatic hydroxyl groups is 1. The molecule has 6 nitrogen and oxygen atoms in total. The van der Waals surface area contributed by atoms with Crippen LogP contribution in [0.1, 0.15) is 30.5 Å². The van der Waals surface area contributed by atoms with E-state index in [-0.39, 0.29) is 18.0 Å². The normalized spacial score (nSPS) is 22.2. The molecule has 0 aromatic heterocycles. The van der Waals surface area contributed by atoms with Crippen molar-refractivity contribution in [2.45, 2.75) is 38.5 Å². The summed E-state index contributed by atoms with van der Waals surface area (Å²) in [4.78, 5) is 12.2. The predicted molar refractivity (Wildman–Crippen MR) is 83.3 cm³/mol. The molecule has 0 radical (unpaired) electrons. The van der Waals surface area contributed by atoms with Crippen LogP contribution in [0.15, 0.2) is 12.1 Å². The molecule has 1 aliphatic rings. The average Bonchev–Trinajstić information content (AvgIpc) is 2.93. The van der Waals surface area contributed by atoms with E-state index in [1.54, 1.807) is 14.2 Å². The Balaban J connectivity index is 2.12. The molecule has 0 unspecified atom stereocenters. The van der Waals surface area contributed by atoms with E-state index in [1.165, 1.54) is 0 Å². The maximum absolute atomic E-state index is 12.2. The summed E-state index contributed by atoms with van der Waals surface area (Å²) in [7, 11) is 3.18. The van der Waals surface area contributed by atoms with E-state index in [2.05, 4.69) is 10.6 Å². The Hall–Kier alpha value is -1.79. The smallest absolute Gasteiger partial charge is 0.237 e. The van der Waals surface area contributed by atoms with Gasteiger partial charge in [-0.2, -0.15) is 0 Å². The summed E-state index contributed by atoms with van der Waals surface area (Å²) in [6.45, 7) is 4.36. The Kier molecular flexibility index (Phi) is 5.26. The number of hydrogen-bond donors (Lipinski definition) is 3. The molecule has 1 saturated heterocycles. The van der Waals surface area contributed by atoms with E-state index in [1.807, 2.05) is 26.0 Å². The fourth-order valence-electron chi connectivity index (χ4n) is 2.77. The Morgan fingerprint density at radius 3 is 2.55 bits per heavy atom. The Morgan fingerprint density at radius 1 is 1.36 bits per heavy atom. The maximum atomic E-state index is 12.2. The number of aryl methyl sites for hydroxylation is 1. The van der Waals surface area contributed by atoms with Crippen LogP contribution in [-0.2, 0) is 4.79 Å². The first-order valence-corrected chi connectivity index (χ1v) is 7.40. The lowest BCUT2D eigenvalue weighted by molar-refractivity contribution is -0.123. The minimum Gasteiger partial charge on any atom is -0.493 e. The lowest BCUT2D eigenvalue weighted by Crippen LogP contribution is -2.41. The maximum Gasteiger partial charge on any atom is 0.237 e. The summed E-state index contributed by atoms with van der Waals surface area (Å²) in [5, 5.41) is 15.5. The molecule has 1 aromatic carbocycles. The number of ether oxygens (including phenoxy) is 2. The van der Waals surface area contributed by atoms with Gasteiger partial charge in [-0.15, -0.1) is 0 Å². The Morgan fingerprint density at radius 2 is 2.00 bits per heavy atom. The zero-order valence-corrected chi connectivity index (χ0v) is 13.5. The van der Waals surface area contributed by atoms with Crippen LogP contribution in [-0.4, -0.2) is 43.9 Å². The number of methoxy groups -OCH3 is 2. The molecule has 6 heteroatoms. The molecule has 0 spiro atoms. The zero-order valence-electron chi connectivity index (χ0n) is 13.5. The molecule has 1 aliphatic heterocycles. The topological polar surface area (TPSA) is 79.8 Å². The van der Waals surface area contributed by atoms with Crippen molar-refractivity contribution in [3.8, 4) is 11.5 Å². The number of β-amino-alcohol motifs (C(OH)–C–C–N with tert-alkyl or cyclic N) is 1. The third kappa shape index (κ3) is 3.51. The zero-order chi connectivity index (χ0) is 16.3. The second kappa shape index (κ2) is 6.98. The van der Waals surface area contributed by atoms with Crippen LogP contribution >= 0.6 is 0 Å². The quantitative estimate of drug-likeness (QED) is 0.753. The molecule has 1 aromatic rings. The molecule has 1 amide bonds. The van der Waals surface area contributed by atoms with Gasteiger partial charge in [0.05, 0.1) is 32.4 Å². The monoisotopic (exact) mass is 308 g/mol. The Labute approximate surface area is 130 Å². The van der Waals surface area contributed by atoms with Crippen molar-refractivity contribution in [3.63, 3.8) is 0 Å². The molecule has 3 atom stereocenters. The van der Waals surface area contributed by atoms with Gasteiger partial charge in [-0.3, -0.25) is 4.79 Å². The van der Waals surface area contributed by atoms with Gasteiger partial charge in [0, 0.05) is 6.54 Å². The standard InChI is InChI=1S/C16H24N2O4/c1-9-5-14(21-3)15(22-4)7-12(9)10(2)18-16(20)13-6-11(19)8-17-13/h5,7,10-11,13,17,19H,6,8H2,1-4H3,(H,18,20)/t10-,11-,13-/m0/s1. The number of benzene rings is 1. The molecule has 2 rings (SSSR count). The first-order valence-electron chi connectivity index (χ1n) is 7.40. The van der Waals surface area contributed by atoms with E-state index in [0.29, 0.717) is 24.5 Å². The highest BCUT2D eigenvalue weighted by Gasteiger charge is 2.29. The van der Waals surface area contributed by atoms with Crippen LogP contribution in [0, 0.1) is 6.92 Å². The summed E-state index contributed by atoms with van der Waals surface area (Å²) < 4.78 is 10.6.